The Morgan fingerprint density at radius 2 is 2.00 bits per heavy atom. The number of Topliss-reactive ketones (excluding diaryl/α,β-unsaturated/α-hetero) is 1. The second-order valence-corrected chi connectivity index (χ2v) is 6.78. The highest BCUT2D eigenvalue weighted by molar-refractivity contribution is 14.1. The van der Waals surface area contributed by atoms with E-state index in [9.17, 15) is 4.79 Å². The minimum Gasteiger partial charge on any atom is -0.299 e. The van der Waals surface area contributed by atoms with E-state index >= 15 is 0 Å². The van der Waals surface area contributed by atoms with Gasteiger partial charge in [-0.1, -0.05) is 18.2 Å². The van der Waals surface area contributed by atoms with Crippen LogP contribution in [0.1, 0.15) is 15.2 Å². The fraction of sp³-hybridized carbons (Fsp3) is 0.267. The van der Waals surface area contributed by atoms with Crippen LogP contribution in [0, 0.1) is 3.57 Å². The van der Waals surface area contributed by atoms with Crippen LogP contribution in [-0.4, -0.2) is 30.8 Å². The summed E-state index contributed by atoms with van der Waals surface area (Å²) in [6, 6.07) is 11.9. The van der Waals surface area contributed by atoms with E-state index in [2.05, 4.69) is 45.0 Å². The number of nitrogens with zero attached hydrogens (tertiary/aromatic N) is 1. The monoisotopic (exact) mass is 385 g/mol. The molecule has 0 atom stereocenters. The van der Waals surface area contributed by atoms with Crippen molar-refractivity contribution in [3.63, 3.8) is 0 Å². The molecule has 0 aliphatic rings. The predicted molar refractivity (Wildman–Crippen MR) is 89.0 cm³/mol. The van der Waals surface area contributed by atoms with Gasteiger partial charge in [-0.25, -0.2) is 0 Å². The Morgan fingerprint density at radius 1 is 1.26 bits per heavy atom. The van der Waals surface area contributed by atoms with E-state index in [1.165, 1.54) is 4.88 Å². The van der Waals surface area contributed by atoms with Crippen LogP contribution in [0.25, 0.3) is 0 Å². The lowest BCUT2D eigenvalue weighted by atomic mass is 10.1. The molecule has 0 saturated carbocycles. The highest BCUT2D eigenvalue weighted by atomic mass is 127. The van der Waals surface area contributed by atoms with Crippen molar-refractivity contribution >= 4 is 39.7 Å². The number of halogens is 1. The molecule has 0 fully saturated rings. The molecule has 1 aromatic heterocycles. The minimum absolute atomic E-state index is 0.185. The number of likely N-dealkylation sites (N-methyl/N-ethyl adjacent to an activating group) is 1. The molecule has 0 radical (unpaired) electrons. The normalized spacial score (nSPS) is 10.9. The molecule has 1 heterocycles. The predicted octanol–water partition coefficient (Wildman–Crippen LogP) is 3.71. The topological polar surface area (TPSA) is 20.3 Å². The van der Waals surface area contributed by atoms with Gasteiger partial charge in [0.15, 0.2) is 5.78 Å². The molecular formula is C15H16INOS. The maximum absolute atomic E-state index is 12.1. The van der Waals surface area contributed by atoms with Crippen molar-refractivity contribution < 1.29 is 4.79 Å². The lowest BCUT2D eigenvalue weighted by Gasteiger charge is -2.15. The smallest absolute Gasteiger partial charge is 0.176 e. The third-order valence-corrected chi connectivity index (χ3v) is 4.56. The molecule has 0 bridgehead atoms. The van der Waals surface area contributed by atoms with Crippen LogP contribution in [0.2, 0.25) is 0 Å². The van der Waals surface area contributed by atoms with Crippen molar-refractivity contribution in [2.24, 2.45) is 0 Å². The molecule has 0 spiro atoms. The summed E-state index contributed by atoms with van der Waals surface area (Å²) in [5.41, 5.74) is 0.795. The molecule has 0 amide bonds. The SMILES string of the molecule is CN(CCc1cccs1)CC(=O)c1ccc(I)cc1. The van der Waals surface area contributed by atoms with Crippen molar-refractivity contribution in [1.82, 2.24) is 4.90 Å². The number of carbonyl (C=O) groups is 1. The van der Waals surface area contributed by atoms with Gasteiger partial charge in [0.1, 0.15) is 0 Å². The Hall–Kier alpha value is -0.720. The van der Waals surface area contributed by atoms with Gasteiger partial charge in [0.05, 0.1) is 6.54 Å². The average Bonchev–Trinajstić information content (AvgIpc) is 2.90. The largest absolute Gasteiger partial charge is 0.299 e. The van der Waals surface area contributed by atoms with E-state index in [0.717, 1.165) is 22.1 Å². The first-order chi connectivity index (χ1) is 9.15. The van der Waals surface area contributed by atoms with Gasteiger partial charge in [-0.05, 0) is 59.6 Å². The van der Waals surface area contributed by atoms with Gasteiger partial charge in [0.2, 0.25) is 0 Å². The van der Waals surface area contributed by atoms with Crippen LogP contribution in [0.3, 0.4) is 0 Å². The maximum atomic E-state index is 12.1. The van der Waals surface area contributed by atoms with Gasteiger partial charge in [-0.2, -0.15) is 0 Å². The average molecular weight is 385 g/mol. The number of ketones is 1. The van der Waals surface area contributed by atoms with Crippen LogP contribution >= 0.6 is 33.9 Å². The van der Waals surface area contributed by atoms with Crippen molar-refractivity contribution in [1.29, 1.82) is 0 Å². The Bertz CT molecular complexity index is 522. The molecule has 0 saturated heterocycles. The van der Waals surface area contributed by atoms with Crippen molar-refractivity contribution in [3.05, 3.63) is 55.8 Å². The fourth-order valence-corrected chi connectivity index (χ4v) is 2.86. The number of benzene rings is 1. The zero-order valence-electron chi connectivity index (χ0n) is 10.8. The van der Waals surface area contributed by atoms with E-state index < -0.39 is 0 Å². The van der Waals surface area contributed by atoms with E-state index in [1.54, 1.807) is 11.3 Å². The van der Waals surface area contributed by atoms with Crippen LogP contribution in [0.5, 0.6) is 0 Å². The Balaban J connectivity index is 1.83. The number of hydrogen-bond donors (Lipinski definition) is 0. The summed E-state index contributed by atoms with van der Waals surface area (Å²) in [7, 11) is 2.00. The lowest BCUT2D eigenvalue weighted by Crippen LogP contribution is -2.27. The fourth-order valence-electron chi connectivity index (χ4n) is 1.81. The zero-order chi connectivity index (χ0) is 13.7. The first-order valence-corrected chi connectivity index (χ1v) is 8.10. The van der Waals surface area contributed by atoms with Crippen LogP contribution in [0.15, 0.2) is 41.8 Å². The second kappa shape index (κ2) is 7.17. The highest BCUT2D eigenvalue weighted by Crippen LogP contribution is 2.10. The molecule has 0 unspecified atom stereocenters. The van der Waals surface area contributed by atoms with Crippen LogP contribution < -0.4 is 0 Å². The van der Waals surface area contributed by atoms with Crippen molar-refractivity contribution in [3.8, 4) is 0 Å². The summed E-state index contributed by atoms with van der Waals surface area (Å²) in [4.78, 5) is 15.5. The van der Waals surface area contributed by atoms with Gasteiger partial charge >= 0.3 is 0 Å². The number of carbonyl (C=O) groups excluding carboxylic acids is 1. The molecule has 4 heteroatoms. The standard InChI is InChI=1S/C15H16INOS/c1-17(9-8-14-3-2-10-19-14)11-15(18)12-4-6-13(16)7-5-12/h2-7,10H,8-9,11H2,1H3. The molecule has 0 N–H and O–H groups in total. The van der Waals surface area contributed by atoms with Gasteiger partial charge < -0.3 is 0 Å². The molecule has 2 nitrogen and oxygen atoms in total. The molecule has 0 aliphatic heterocycles. The summed E-state index contributed by atoms with van der Waals surface area (Å²) < 4.78 is 1.15. The second-order valence-electron chi connectivity index (χ2n) is 4.50. The van der Waals surface area contributed by atoms with Gasteiger partial charge in [-0.15, -0.1) is 11.3 Å². The van der Waals surface area contributed by atoms with Gasteiger partial charge in [-0.3, -0.25) is 9.69 Å². The van der Waals surface area contributed by atoms with E-state index in [-0.39, 0.29) is 5.78 Å². The molecule has 2 aromatic rings. The zero-order valence-corrected chi connectivity index (χ0v) is 13.8. The summed E-state index contributed by atoms with van der Waals surface area (Å²) in [6.07, 6.45) is 1.01. The maximum Gasteiger partial charge on any atom is 0.176 e. The van der Waals surface area contributed by atoms with Gasteiger partial charge in [0.25, 0.3) is 0 Å². The first-order valence-electron chi connectivity index (χ1n) is 6.15. The van der Waals surface area contributed by atoms with Crippen LogP contribution in [0.4, 0.5) is 0 Å². The third-order valence-electron chi connectivity index (χ3n) is 2.90. The first kappa shape index (κ1) is 14.7. The minimum atomic E-state index is 0.185. The number of rotatable bonds is 6. The van der Waals surface area contributed by atoms with E-state index in [0.29, 0.717) is 6.54 Å². The summed E-state index contributed by atoms with van der Waals surface area (Å²) in [5.74, 6) is 0.185. The van der Waals surface area contributed by atoms with Crippen LogP contribution in [-0.2, 0) is 6.42 Å². The van der Waals surface area contributed by atoms with E-state index in [1.807, 2.05) is 31.3 Å². The molecular weight excluding hydrogens is 369 g/mol. The van der Waals surface area contributed by atoms with Crippen molar-refractivity contribution in [2.45, 2.75) is 6.42 Å². The summed E-state index contributed by atoms with van der Waals surface area (Å²) in [5, 5.41) is 2.09. The molecule has 0 aliphatic carbocycles. The summed E-state index contributed by atoms with van der Waals surface area (Å²) in [6.45, 7) is 1.39. The Labute approximate surface area is 131 Å². The van der Waals surface area contributed by atoms with Gasteiger partial charge in [0, 0.05) is 20.6 Å². The molecule has 19 heavy (non-hydrogen) atoms. The summed E-state index contributed by atoms with van der Waals surface area (Å²) >= 11 is 4.01. The number of thiophene rings is 1. The molecule has 100 valence electrons. The molecule has 1 aromatic carbocycles. The Morgan fingerprint density at radius 3 is 2.63 bits per heavy atom. The Kier molecular flexibility index (Phi) is 5.54. The lowest BCUT2D eigenvalue weighted by molar-refractivity contribution is 0.0947. The quantitative estimate of drug-likeness (QED) is 0.558. The molecule has 2 rings (SSSR count). The van der Waals surface area contributed by atoms with Crippen molar-refractivity contribution in [2.75, 3.05) is 20.1 Å². The highest BCUT2D eigenvalue weighted by Gasteiger charge is 2.09. The number of hydrogen-bond acceptors (Lipinski definition) is 3. The van der Waals surface area contributed by atoms with E-state index in [4.69, 9.17) is 0 Å². The third kappa shape index (κ3) is 4.71.